The number of fused-ring (bicyclic) bond motifs is 1. The smallest absolute Gasteiger partial charge is 0.243 e. The number of imidazole rings is 1. The Morgan fingerprint density at radius 1 is 0.848 bits per heavy atom. The molecule has 0 spiro atoms. The van der Waals surface area contributed by atoms with Gasteiger partial charge in [0.15, 0.2) is 11.5 Å². The van der Waals surface area contributed by atoms with Gasteiger partial charge in [0, 0.05) is 48.7 Å². The lowest BCUT2D eigenvalue weighted by Gasteiger charge is -2.26. The molecule has 4 rings (SSSR count). The fourth-order valence-corrected chi connectivity index (χ4v) is 3.74. The van der Waals surface area contributed by atoms with Crippen LogP contribution in [0.4, 0.5) is 5.82 Å². The van der Waals surface area contributed by atoms with Gasteiger partial charge in [0.2, 0.25) is 5.28 Å². The standard InChI is InChI=1S/C23H24ClN5O4/c1-30-17-7-5-15(19(11-17)32-3)13-28(14-16-6-8-18(31-2)12-20(16)33-4)22-21-25-9-10-29(21)27-23(24)26-22/h5-12H,13-14H2,1-4H3. The van der Waals surface area contributed by atoms with Crippen molar-refractivity contribution in [1.82, 2.24) is 19.6 Å². The van der Waals surface area contributed by atoms with Crippen LogP contribution in [0.3, 0.4) is 0 Å². The molecular formula is C23H24ClN5O4. The number of hydrogen-bond donors (Lipinski definition) is 0. The third kappa shape index (κ3) is 4.73. The first kappa shape index (κ1) is 22.5. The van der Waals surface area contributed by atoms with Crippen LogP contribution in [0.2, 0.25) is 5.28 Å². The van der Waals surface area contributed by atoms with Crippen LogP contribution < -0.4 is 23.8 Å². The molecule has 0 saturated carbocycles. The molecular weight excluding hydrogens is 446 g/mol. The number of anilines is 1. The van der Waals surface area contributed by atoms with Crippen molar-refractivity contribution in [2.45, 2.75) is 13.1 Å². The van der Waals surface area contributed by atoms with Crippen molar-refractivity contribution in [3.8, 4) is 23.0 Å². The Balaban J connectivity index is 1.80. The molecule has 0 aliphatic heterocycles. The lowest BCUT2D eigenvalue weighted by Crippen LogP contribution is -2.25. The normalized spacial score (nSPS) is 10.8. The van der Waals surface area contributed by atoms with Crippen molar-refractivity contribution < 1.29 is 18.9 Å². The second kappa shape index (κ2) is 9.83. The van der Waals surface area contributed by atoms with Crippen molar-refractivity contribution in [1.29, 1.82) is 0 Å². The molecule has 2 aromatic heterocycles. The van der Waals surface area contributed by atoms with Gasteiger partial charge in [0.25, 0.3) is 0 Å². The summed E-state index contributed by atoms with van der Waals surface area (Å²) in [7, 11) is 6.50. The third-order valence-electron chi connectivity index (χ3n) is 5.22. The first-order chi connectivity index (χ1) is 16.1. The SMILES string of the molecule is COc1ccc(CN(Cc2ccc(OC)cc2OC)c2nc(Cl)nn3ccnc23)c(OC)c1. The van der Waals surface area contributed by atoms with Gasteiger partial charge >= 0.3 is 0 Å². The Labute approximate surface area is 196 Å². The topological polar surface area (TPSA) is 83.2 Å². The molecule has 0 aliphatic carbocycles. The number of benzene rings is 2. The van der Waals surface area contributed by atoms with E-state index in [0.29, 0.717) is 47.6 Å². The zero-order valence-electron chi connectivity index (χ0n) is 18.8. The zero-order chi connectivity index (χ0) is 23.4. The molecule has 0 bridgehead atoms. The summed E-state index contributed by atoms with van der Waals surface area (Å²) >= 11 is 6.25. The molecule has 0 N–H and O–H groups in total. The predicted octanol–water partition coefficient (Wildman–Crippen LogP) is 4.02. The van der Waals surface area contributed by atoms with Gasteiger partial charge in [-0.25, -0.2) is 9.50 Å². The maximum Gasteiger partial charge on any atom is 0.243 e. The zero-order valence-corrected chi connectivity index (χ0v) is 19.5. The van der Waals surface area contributed by atoms with E-state index in [0.717, 1.165) is 11.1 Å². The highest BCUT2D eigenvalue weighted by Gasteiger charge is 2.20. The molecule has 0 atom stereocenters. The van der Waals surface area contributed by atoms with Gasteiger partial charge in [-0.15, -0.1) is 5.10 Å². The van der Waals surface area contributed by atoms with Crippen molar-refractivity contribution in [3.63, 3.8) is 0 Å². The molecule has 0 saturated heterocycles. The predicted molar refractivity (Wildman–Crippen MR) is 125 cm³/mol. The quantitative estimate of drug-likeness (QED) is 0.363. The molecule has 4 aromatic rings. The fraction of sp³-hybridized carbons (Fsp3) is 0.261. The second-order valence-electron chi connectivity index (χ2n) is 7.11. The van der Waals surface area contributed by atoms with E-state index in [4.69, 9.17) is 30.5 Å². The maximum absolute atomic E-state index is 6.25. The van der Waals surface area contributed by atoms with E-state index in [9.17, 15) is 0 Å². The highest BCUT2D eigenvalue weighted by molar-refractivity contribution is 6.28. The van der Waals surface area contributed by atoms with Gasteiger partial charge in [-0.2, -0.15) is 4.98 Å². The van der Waals surface area contributed by atoms with Gasteiger partial charge < -0.3 is 23.8 Å². The van der Waals surface area contributed by atoms with Gasteiger partial charge in [0.05, 0.1) is 28.4 Å². The van der Waals surface area contributed by atoms with Crippen LogP contribution in [0.1, 0.15) is 11.1 Å². The minimum Gasteiger partial charge on any atom is -0.497 e. The summed E-state index contributed by atoms with van der Waals surface area (Å²) in [4.78, 5) is 11.0. The number of methoxy groups -OCH3 is 4. The van der Waals surface area contributed by atoms with E-state index in [1.165, 1.54) is 0 Å². The highest BCUT2D eigenvalue weighted by atomic mass is 35.5. The van der Waals surface area contributed by atoms with Crippen LogP contribution in [0.5, 0.6) is 23.0 Å². The monoisotopic (exact) mass is 469 g/mol. The van der Waals surface area contributed by atoms with Crippen molar-refractivity contribution in [2.75, 3.05) is 33.3 Å². The van der Waals surface area contributed by atoms with E-state index in [-0.39, 0.29) is 5.28 Å². The Bertz CT molecular complexity index is 1210. The summed E-state index contributed by atoms with van der Waals surface area (Å²) in [6, 6.07) is 11.4. The molecule has 172 valence electrons. The average molecular weight is 470 g/mol. The van der Waals surface area contributed by atoms with Crippen molar-refractivity contribution in [2.24, 2.45) is 0 Å². The first-order valence-electron chi connectivity index (χ1n) is 10.1. The second-order valence-corrected chi connectivity index (χ2v) is 7.45. The summed E-state index contributed by atoms with van der Waals surface area (Å²) < 4.78 is 23.5. The number of nitrogens with zero attached hydrogens (tertiary/aromatic N) is 5. The summed E-state index contributed by atoms with van der Waals surface area (Å²) in [5, 5.41) is 4.32. The molecule has 9 nitrogen and oxygen atoms in total. The largest absolute Gasteiger partial charge is 0.497 e. The van der Waals surface area contributed by atoms with Crippen molar-refractivity contribution >= 4 is 23.1 Å². The minimum atomic E-state index is 0.115. The van der Waals surface area contributed by atoms with Crippen LogP contribution in [0, 0.1) is 0 Å². The van der Waals surface area contributed by atoms with E-state index in [1.54, 1.807) is 45.3 Å². The van der Waals surface area contributed by atoms with E-state index in [2.05, 4.69) is 15.1 Å². The van der Waals surface area contributed by atoms with Gasteiger partial charge in [-0.3, -0.25) is 0 Å². The summed E-state index contributed by atoms with van der Waals surface area (Å²) in [6.07, 6.45) is 3.39. The number of rotatable bonds is 9. The number of halogens is 1. The summed E-state index contributed by atoms with van der Waals surface area (Å²) in [5.41, 5.74) is 2.45. The van der Waals surface area contributed by atoms with Crippen LogP contribution in [-0.2, 0) is 13.1 Å². The maximum atomic E-state index is 6.25. The molecule has 2 aromatic carbocycles. The van der Waals surface area contributed by atoms with Crippen LogP contribution in [0.25, 0.3) is 5.65 Å². The minimum absolute atomic E-state index is 0.115. The van der Waals surface area contributed by atoms with Crippen LogP contribution >= 0.6 is 11.6 Å². The van der Waals surface area contributed by atoms with E-state index >= 15 is 0 Å². The molecule has 0 fully saturated rings. The number of aromatic nitrogens is 4. The summed E-state index contributed by atoms with van der Waals surface area (Å²) in [5.74, 6) is 3.39. The molecule has 0 amide bonds. The third-order valence-corrected chi connectivity index (χ3v) is 5.38. The Morgan fingerprint density at radius 3 is 1.94 bits per heavy atom. The molecule has 0 radical (unpaired) electrons. The number of ether oxygens (including phenoxy) is 4. The molecule has 10 heteroatoms. The Hall–Kier alpha value is -3.72. The van der Waals surface area contributed by atoms with Crippen LogP contribution in [-0.4, -0.2) is 48.0 Å². The molecule has 2 heterocycles. The highest BCUT2D eigenvalue weighted by Crippen LogP contribution is 2.32. The Kier molecular flexibility index (Phi) is 6.69. The molecule has 0 aliphatic rings. The lowest BCUT2D eigenvalue weighted by molar-refractivity contribution is 0.389. The molecule has 33 heavy (non-hydrogen) atoms. The van der Waals surface area contributed by atoms with Crippen LogP contribution in [0.15, 0.2) is 48.8 Å². The fourth-order valence-electron chi connectivity index (χ4n) is 3.58. The van der Waals surface area contributed by atoms with E-state index < -0.39 is 0 Å². The molecule has 0 unspecified atom stereocenters. The van der Waals surface area contributed by atoms with Gasteiger partial charge in [-0.05, 0) is 35.9 Å². The van der Waals surface area contributed by atoms with Gasteiger partial charge in [-0.1, -0.05) is 0 Å². The first-order valence-corrected chi connectivity index (χ1v) is 10.5. The van der Waals surface area contributed by atoms with E-state index in [1.807, 2.05) is 41.3 Å². The number of hydrogen-bond acceptors (Lipinski definition) is 8. The average Bonchev–Trinajstić information content (AvgIpc) is 3.31. The van der Waals surface area contributed by atoms with Gasteiger partial charge in [0.1, 0.15) is 23.0 Å². The Morgan fingerprint density at radius 2 is 1.42 bits per heavy atom. The summed E-state index contributed by atoms with van der Waals surface area (Å²) in [6.45, 7) is 0.913. The van der Waals surface area contributed by atoms with Crippen molar-refractivity contribution in [3.05, 3.63) is 65.2 Å². The lowest BCUT2D eigenvalue weighted by atomic mass is 10.1.